The number of carbonyl (C=O) groups excluding carboxylic acids is 1. The van der Waals surface area contributed by atoms with E-state index < -0.39 is 5.60 Å². The van der Waals surface area contributed by atoms with Crippen LogP contribution in [0.2, 0.25) is 5.15 Å². The Hall–Kier alpha value is -1.20. The quantitative estimate of drug-likeness (QED) is 0.839. The lowest BCUT2D eigenvalue weighted by molar-refractivity contribution is 0.0437. The van der Waals surface area contributed by atoms with Gasteiger partial charge in [-0.25, -0.2) is 9.97 Å². The fraction of sp³-hybridized carbons (Fsp3) is 0.583. The minimum atomic E-state index is -0.680. The van der Waals surface area contributed by atoms with Crippen LogP contribution in [0.5, 0.6) is 0 Å². The third-order valence-electron chi connectivity index (χ3n) is 3.19. The van der Waals surface area contributed by atoms with Crippen LogP contribution in [-0.2, 0) is 0 Å². The van der Waals surface area contributed by atoms with Gasteiger partial charge in [0.2, 0.25) is 0 Å². The van der Waals surface area contributed by atoms with E-state index in [1.807, 2.05) is 6.92 Å². The molecule has 0 radical (unpaired) electrons. The van der Waals surface area contributed by atoms with E-state index in [1.165, 1.54) is 12.4 Å². The number of rotatable bonds is 1. The molecule has 0 bridgehead atoms. The predicted octanol–water partition coefficient (Wildman–Crippen LogP) is 1.51. The number of aliphatic hydroxyl groups is 1. The molecule has 18 heavy (non-hydrogen) atoms. The highest BCUT2D eigenvalue weighted by atomic mass is 35.5. The zero-order valence-corrected chi connectivity index (χ0v) is 11.0. The normalized spacial score (nSPS) is 24.7. The second-order valence-corrected chi connectivity index (χ2v) is 5.25. The van der Waals surface area contributed by atoms with Crippen LogP contribution >= 0.6 is 11.6 Å². The summed E-state index contributed by atoms with van der Waals surface area (Å²) >= 11 is 5.63. The van der Waals surface area contributed by atoms with Crippen LogP contribution in [0.4, 0.5) is 0 Å². The molecular formula is C12H16ClN3O2. The maximum absolute atomic E-state index is 12.2. The SMILES string of the molecule is CC1(O)CCCN(C(=O)c2cnc(Cl)cn2)CC1. The summed E-state index contributed by atoms with van der Waals surface area (Å²) in [5, 5.41) is 10.2. The maximum atomic E-state index is 12.2. The van der Waals surface area contributed by atoms with E-state index in [2.05, 4.69) is 9.97 Å². The van der Waals surface area contributed by atoms with Crippen molar-refractivity contribution >= 4 is 17.5 Å². The summed E-state index contributed by atoms with van der Waals surface area (Å²) in [4.78, 5) is 21.7. The molecule has 0 aromatic carbocycles. The molecule has 2 heterocycles. The molecule has 0 aliphatic carbocycles. The number of hydrogen-bond donors (Lipinski definition) is 1. The van der Waals surface area contributed by atoms with E-state index in [-0.39, 0.29) is 11.1 Å². The van der Waals surface area contributed by atoms with Crippen molar-refractivity contribution in [2.45, 2.75) is 31.8 Å². The second-order valence-electron chi connectivity index (χ2n) is 4.87. The molecular weight excluding hydrogens is 254 g/mol. The lowest BCUT2D eigenvalue weighted by atomic mass is 9.98. The molecule has 2 rings (SSSR count). The average Bonchev–Trinajstić information content (AvgIpc) is 2.50. The van der Waals surface area contributed by atoms with Gasteiger partial charge in [0, 0.05) is 13.1 Å². The van der Waals surface area contributed by atoms with Gasteiger partial charge in [-0.15, -0.1) is 0 Å². The van der Waals surface area contributed by atoms with E-state index in [4.69, 9.17) is 11.6 Å². The molecule has 1 fully saturated rings. The number of halogens is 1. The van der Waals surface area contributed by atoms with Crippen molar-refractivity contribution in [2.75, 3.05) is 13.1 Å². The van der Waals surface area contributed by atoms with Crippen LogP contribution in [0.3, 0.4) is 0 Å². The Bertz CT molecular complexity index is 433. The van der Waals surface area contributed by atoms with Crippen LogP contribution < -0.4 is 0 Å². The number of nitrogens with zero attached hydrogens (tertiary/aromatic N) is 3. The minimum absolute atomic E-state index is 0.156. The summed E-state index contributed by atoms with van der Waals surface area (Å²) in [6.07, 6.45) is 4.83. The van der Waals surface area contributed by atoms with E-state index in [9.17, 15) is 9.90 Å². The number of carbonyl (C=O) groups is 1. The molecule has 1 atom stereocenters. The van der Waals surface area contributed by atoms with Gasteiger partial charge in [0.1, 0.15) is 10.8 Å². The molecule has 1 unspecified atom stereocenters. The molecule has 1 saturated heterocycles. The summed E-state index contributed by atoms with van der Waals surface area (Å²) in [6, 6.07) is 0. The van der Waals surface area contributed by atoms with E-state index in [0.717, 1.165) is 6.42 Å². The number of likely N-dealkylation sites (tertiary alicyclic amines) is 1. The first-order valence-electron chi connectivity index (χ1n) is 5.97. The fourth-order valence-corrected chi connectivity index (χ4v) is 2.15. The maximum Gasteiger partial charge on any atom is 0.274 e. The van der Waals surface area contributed by atoms with E-state index in [1.54, 1.807) is 4.90 Å². The van der Waals surface area contributed by atoms with Crippen LogP contribution in [-0.4, -0.2) is 44.6 Å². The van der Waals surface area contributed by atoms with Crippen LogP contribution in [0.25, 0.3) is 0 Å². The highest BCUT2D eigenvalue weighted by Crippen LogP contribution is 2.22. The van der Waals surface area contributed by atoms with Crippen LogP contribution in [0.1, 0.15) is 36.7 Å². The van der Waals surface area contributed by atoms with Gasteiger partial charge >= 0.3 is 0 Å². The molecule has 0 spiro atoms. The third kappa shape index (κ3) is 3.17. The molecule has 1 N–H and O–H groups in total. The summed E-state index contributed by atoms with van der Waals surface area (Å²) in [7, 11) is 0. The molecule has 1 amide bonds. The highest BCUT2D eigenvalue weighted by molar-refractivity contribution is 6.29. The smallest absolute Gasteiger partial charge is 0.274 e. The summed E-state index contributed by atoms with van der Waals surface area (Å²) in [5.41, 5.74) is -0.387. The van der Waals surface area contributed by atoms with Crippen molar-refractivity contribution in [3.63, 3.8) is 0 Å². The zero-order chi connectivity index (χ0) is 13.2. The van der Waals surface area contributed by atoms with Gasteiger partial charge in [-0.3, -0.25) is 4.79 Å². The van der Waals surface area contributed by atoms with Gasteiger partial charge in [-0.2, -0.15) is 0 Å². The Labute approximate surface area is 111 Å². The van der Waals surface area contributed by atoms with Crippen molar-refractivity contribution in [3.8, 4) is 0 Å². The molecule has 0 saturated carbocycles. The predicted molar refractivity (Wildman–Crippen MR) is 67.4 cm³/mol. The third-order valence-corrected chi connectivity index (χ3v) is 3.39. The van der Waals surface area contributed by atoms with Gasteiger partial charge in [0.15, 0.2) is 0 Å². The topological polar surface area (TPSA) is 66.3 Å². The monoisotopic (exact) mass is 269 g/mol. The van der Waals surface area contributed by atoms with Gasteiger partial charge in [-0.1, -0.05) is 11.6 Å². The van der Waals surface area contributed by atoms with Crippen molar-refractivity contribution in [2.24, 2.45) is 0 Å². The molecule has 1 aromatic rings. The Morgan fingerprint density at radius 1 is 1.39 bits per heavy atom. The van der Waals surface area contributed by atoms with Crippen molar-refractivity contribution in [1.82, 2.24) is 14.9 Å². The van der Waals surface area contributed by atoms with Gasteiger partial charge in [0.05, 0.1) is 18.0 Å². The van der Waals surface area contributed by atoms with Crippen molar-refractivity contribution in [3.05, 3.63) is 23.2 Å². The number of aromatic nitrogens is 2. The average molecular weight is 270 g/mol. The number of hydrogen-bond acceptors (Lipinski definition) is 4. The van der Waals surface area contributed by atoms with E-state index >= 15 is 0 Å². The van der Waals surface area contributed by atoms with Gasteiger partial charge in [-0.05, 0) is 26.2 Å². The largest absolute Gasteiger partial charge is 0.390 e. The highest BCUT2D eigenvalue weighted by Gasteiger charge is 2.27. The van der Waals surface area contributed by atoms with Gasteiger partial charge < -0.3 is 10.0 Å². The first-order chi connectivity index (χ1) is 8.48. The summed E-state index contributed by atoms with van der Waals surface area (Å²) < 4.78 is 0. The van der Waals surface area contributed by atoms with Gasteiger partial charge in [0.25, 0.3) is 5.91 Å². The standard InChI is InChI=1S/C12H16ClN3O2/c1-12(18)3-2-5-16(6-4-12)11(17)9-7-15-10(13)8-14-9/h7-8,18H,2-6H2,1H3. The van der Waals surface area contributed by atoms with E-state index in [0.29, 0.717) is 31.6 Å². The Balaban J connectivity index is 2.07. The fourth-order valence-electron chi connectivity index (χ4n) is 2.05. The van der Waals surface area contributed by atoms with Crippen LogP contribution in [0.15, 0.2) is 12.4 Å². The molecule has 1 aromatic heterocycles. The second kappa shape index (κ2) is 5.20. The first kappa shape index (κ1) is 13.2. The van der Waals surface area contributed by atoms with Crippen molar-refractivity contribution in [1.29, 1.82) is 0 Å². The van der Waals surface area contributed by atoms with Crippen LogP contribution in [0, 0.1) is 0 Å². The molecule has 1 aliphatic heterocycles. The van der Waals surface area contributed by atoms with Crippen molar-refractivity contribution < 1.29 is 9.90 Å². The molecule has 6 heteroatoms. The Kier molecular flexibility index (Phi) is 3.82. The zero-order valence-electron chi connectivity index (χ0n) is 10.3. The molecule has 5 nitrogen and oxygen atoms in total. The lowest BCUT2D eigenvalue weighted by Gasteiger charge is -2.22. The minimum Gasteiger partial charge on any atom is -0.390 e. The molecule has 1 aliphatic rings. The number of amides is 1. The Morgan fingerprint density at radius 3 is 2.83 bits per heavy atom. The molecule has 98 valence electrons. The Morgan fingerprint density at radius 2 is 2.17 bits per heavy atom. The lowest BCUT2D eigenvalue weighted by Crippen LogP contribution is -2.34. The summed E-state index contributed by atoms with van der Waals surface area (Å²) in [6.45, 7) is 2.98. The first-order valence-corrected chi connectivity index (χ1v) is 6.35. The summed E-state index contributed by atoms with van der Waals surface area (Å²) in [5.74, 6) is -0.156.